The fraction of sp³-hybridized carbons (Fsp3) is 0.389. The molecule has 2 N–H and O–H groups in total. The maximum Gasteiger partial charge on any atom is 0.326 e. The first-order chi connectivity index (χ1) is 11.4. The number of carbonyl (C=O) groups is 2. The van der Waals surface area contributed by atoms with Gasteiger partial charge in [0.2, 0.25) is 5.91 Å². The Morgan fingerprint density at radius 2 is 1.92 bits per heavy atom. The molecule has 6 nitrogen and oxygen atoms in total. The number of hydrogen-bond acceptors (Lipinski definition) is 3. The summed E-state index contributed by atoms with van der Waals surface area (Å²) >= 11 is 0. The van der Waals surface area contributed by atoms with E-state index in [9.17, 15) is 9.59 Å². The molecule has 2 aromatic rings. The van der Waals surface area contributed by atoms with Crippen molar-refractivity contribution in [1.82, 2.24) is 15.1 Å². The van der Waals surface area contributed by atoms with Gasteiger partial charge in [0.15, 0.2) is 0 Å². The lowest BCUT2D eigenvalue weighted by Crippen LogP contribution is -2.41. The van der Waals surface area contributed by atoms with Crippen molar-refractivity contribution in [3.63, 3.8) is 0 Å². The second-order valence-corrected chi connectivity index (χ2v) is 5.82. The van der Waals surface area contributed by atoms with Crippen LogP contribution >= 0.6 is 0 Å². The van der Waals surface area contributed by atoms with E-state index in [0.717, 1.165) is 22.6 Å². The number of amides is 1. The number of aromatic nitrogens is 2. The van der Waals surface area contributed by atoms with Crippen LogP contribution in [0.2, 0.25) is 0 Å². The average Bonchev–Trinajstić information content (AvgIpc) is 2.83. The van der Waals surface area contributed by atoms with Gasteiger partial charge in [-0.15, -0.1) is 0 Å². The van der Waals surface area contributed by atoms with Crippen molar-refractivity contribution in [3.8, 4) is 5.69 Å². The fourth-order valence-corrected chi connectivity index (χ4v) is 2.70. The summed E-state index contributed by atoms with van der Waals surface area (Å²) in [4.78, 5) is 23.4. The highest BCUT2D eigenvalue weighted by Crippen LogP contribution is 2.18. The van der Waals surface area contributed by atoms with Crippen LogP contribution in [0, 0.1) is 13.8 Å². The van der Waals surface area contributed by atoms with Gasteiger partial charge in [0.05, 0.1) is 17.8 Å². The fourth-order valence-electron chi connectivity index (χ4n) is 2.70. The van der Waals surface area contributed by atoms with E-state index in [0.29, 0.717) is 12.8 Å². The second-order valence-electron chi connectivity index (χ2n) is 5.82. The monoisotopic (exact) mass is 329 g/mol. The number of nitrogens with zero attached hydrogens (tertiary/aromatic N) is 2. The van der Waals surface area contributed by atoms with Crippen LogP contribution in [-0.4, -0.2) is 32.8 Å². The van der Waals surface area contributed by atoms with Gasteiger partial charge >= 0.3 is 5.97 Å². The first-order valence-corrected chi connectivity index (χ1v) is 8.06. The van der Waals surface area contributed by atoms with Crippen LogP contribution in [0.3, 0.4) is 0 Å². The molecule has 128 valence electrons. The molecule has 2 rings (SSSR count). The summed E-state index contributed by atoms with van der Waals surface area (Å²) in [6.45, 7) is 5.66. The third-order valence-corrected chi connectivity index (χ3v) is 3.99. The molecule has 0 aliphatic rings. The number of nitrogens with one attached hydrogen (secondary N) is 1. The van der Waals surface area contributed by atoms with E-state index < -0.39 is 12.0 Å². The molecule has 0 spiro atoms. The lowest BCUT2D eigenvalue weighted by molar-refractivity contribution is -0.141. The number of aryl methyl sites for hydroxylation is 1. The molecule has 24 heavy (non-hydrogen) atoms. The predicted molar refractivity (Wildman–Crippen MR) is 91.2 cm³/mol. The molecule has 1 amide bonds. The van der Waals surface area contributed by atoms with Crippen molar-refractivity contribution in [2.24, 2.45) is 0 Å². The Hall–Kier alpha value is -2.63. The van der Waals surface area contributed by atoms with Crippen LogP contribution in [0.15, 0.2) is 30.3 Å². The third-order valence-electron chi connectivity index (χ3n) is 3.99. The molecule has 0 saturated heterocycles. The first-order valence-electron chi connectivity index (χ1n) is 8.06. The quantitative estimate of drug-likeness (QED) is 0.817. The maximum atomic E-state index is 12.2. The largest absolute Gasteiger partial charge is 0.480 e. The van der Waals surface area contributed by atoms with Crippen LogP contribution in [0.1, 0.15) is 36.7 Å². The van der Waals surface area contributed by atoms with Crippen molar-refractivity contribution in [2.45, 2.75) is 46.1 Å². The maximum absolute atomic E-state index is 12.2. The molecule has 0 bridgehead atoms. The van der Waals surface area contributed by atoms with Crippen molar-refractivity contribution in [2.75, 3.05) is 0 Å². The van der Waals surface area contributed by atoms with Gasteiger partial charge in [-0.3, -0.25) is 4.79 Å². The lowest BCUT2D eigenvalue weighted by atomic mass is 10.1. The SMILES string of the molecule is CCCC(NC(=O)Cc1c(C)nn(-c2ccccc2)c1C)C(=O)O. The van der Waals surface area contributed by atoms with E-state index in [1.54, 1.807) is 4.68 Å². The second kappa shape index (κ2) is 7.77. The van der Waals surface area contributed by atoms with Gasteiger partial charge in [0.25, 0.3) is 0 Å². The number of rotatable bonds is 7. The summed E-state index contributed by atoms with van der Waals surface area (Å²) in [7, 11) is 0. The van der Waals surface area contributed by atoms with Gasteiger partial charge in [-0.05, 0) is 32.4 Å². The summed E-state index contributed by atoms with van der Waals surface area (Å²) in [5.74, 6) is -1.30. The zero-order chi connectivity index (χ0) is 17.7. The van der Waals surface area contributed by atoms with Gasteiger partial charge in [-0.1, -0.05) is 31.5 Å². The number of aliphatic carboxylic acids is 1. The molecular formula is C18H23N3O3. The van der Waals surface area contributed by atoms with Crippen molar-refractivity contribution in [1.29, 1.82) is 0 Å². The third kappa shape index (κ3) is 4.01. The molecule has 0 fully saturated rings. The number of carbonyl (C=O) groups excluding carboxylic acids is 1. The van der Waals surface area contributed by atoms with E-state index >= 15 is 0 Å². The Morgan fingerprint density at radius 1 is 1.25 bits per heavy atom. The molecule has 0 aliphatic carbocycles. The van der Waals surface area contributed by atoms with Gasteiger partial charge in [0, 0.05) is 11.3 Å². The van der Waals surface area contributed by atoms with Gasteiger partial charge < -0.3 is 10.4 Å². The Morgan fingerprint density at radius 3 is 2.50 bits per heavy atom. The number of carboxylic acid groups (broad SMARTS) is 1. The summed E-state index contributed by atoms with van der Waals surface area (Å²) in [5.41, 5.74) is 3.42. The van der Waals surface area contributed by atoms with E-state index in [-0.39, 0.29) is 12.3 Å². The topological polar surface area (TPSA) is 84.2 Å². The summed E-state index contributed by atoms with van der Waals surface area (Å²) in [6.07, 6.45) is 1.24. The van der Waals surface area contributed by atoms with Crippen LogP contribution < -0.4 is 5.32 Å². The Bertz CT molecular complexity index is 723. The molecule has 6 heteroatoms. The summed E-state index contributed by atoms with van der Waals surface area (Å²) in [5, 5.41) is 16.2. The zero-order valence-corrected chi connectivity index (χ0v) is 14.2. The molecule has 1 heterocycles. The van der Waals surface area contributed by atoms with Crippen LogP contribution in [0.5, 0.6) is 0 Å². The normalized spacial score (nSPS) is 12.0. The Labute approximate surface area is 141 Å². The van der Waals surface area contributed by atoms with Crippen LogP contribution in [0.25, 0.3) is 5.69 Å². The van der Waals surface area contributed by atoms with Crippen molar-refractivity contribution >= 4 is 11.9 Å². The van der Waals surface area contributed by atoms with Crippen LogP contribution in [-0.2, 0) is 16.0 Å². The van der Waals surface area contributed by atoms with Crippen molar-refractivity contribution in [3.05, 3.63) is 47.3 Å². The van der Waals surface area contributed by atoms with Gasteiger partial charge in [-0.2, -0.15) is 5.10 Å². The van der Waals surface area contributed by atoms with Crippen LogP contribution in [0.4, 0.5) is 0 Å². The average molecular weight is 329 g/mol. The number of benzene rings is 1. The highest BCUT2D eigenvalue weighted by molar-refractivity contribution is 5.85. The first kappa shape index (κ1) is 17.7. The number of carboxylic acids is 1. The lowest BCUT2D eigenvalue weighted by Gasteiger charge is -2.13. The minimum atomic E-state index is -1.00. The number of para-hydroxylation sites is 1. The van der Waals surface area contributed by atoms with Crippen molar-refractivity contribution < 1.29 is 14.7 Å². The highest BCUT2D eigenvalue weighted by Gasteiger charge is 2.21. The molecule has 1 atom stereocenters. The minimum Gasteiger partial charge on any atom is -0.480 e. The molecule has 1 unspecified atom stereocenters. The van der Waals surface area contributed by atoms with E-state index in [4.69, 9.17) is 5.11 Å². The van der Waals surface area contributed by atoms with E-state index in [1.807, 2.05) is 51.1 Å². The summed E-state index contributed by atoms with van der Waals surface area (Å²) < 4.78 is 1.80. The highest BCUT2D eigenvalue weighted by atomic mass is 16.4. The number of hydrogen-bond donors (Lipinski definition) is 2. The molecular weight excluding hydrogens is 306 g/mol. The smallest absolute Gasteiger partial charge is 0.326 e. The molecule has 0 aliphatic heterocycles. The van der Waals surface area contributed by atoms with E-state index in [2.05, 4.69) is 10.4 Å². The summed E-state index contributed by atoms with van der Waals surface area (Å²) in [6, 6.07) is 8.85. The standard InChI is InChI=1S/C18H23N3O3/c1-4-8-16(18(23)24)19-17(22)11-15-12(2)20-21(13(15)3)14-9-6-5-7-10-14/h5-7,9-10,16H,4,8,11H2,1-3H3,(H,19,22)(H,23,24). The Balaban J connectivity index is 2.17. The molecule has 0 saturated carbocycles. The minimum absolute atomic E-state index is 0.123. The van der Waals surface area contributed by atoms with Gasteiger partial charge in [-0.25, -0.2) is 9.48 Å². The zero-order valence-electron chi connectivity index (χ0n) is 14.2. The molecule has 1 aromatic carbocycles. The predicted octanol–water partition coefficient (Wildman–Crippen LogP) is 2.40. The molecule has 1 aromatic heterocycles. The van der Waals surface area contributed by atoms with Gasteiger partial charge in [0.1, 0.15) is 6.04 Å². The Kier molecular flexibility index (Phi) is 5.73. The van der Waals surface area contributed by atoms with E-state index in [1.165, 1.54) is 0 Å². The molecule has 0 radical (unpaired) electrons.